The average molecular weight is 268 g/mol. The Morgan fingerprint density at radius 2 is 2.00 bits per heavy atom. The minimum atomic E-state index is -1.17. The molecular formula is C12H16N2O5. The van der Waals surface area contributed by atoms with E-state index in [0.29, 0.717) is 5.56 Å². The number of aliphatic hydroxyl groups is 2. The number of nitro benzene ring substituents is 1. The zero-order valence-corrected chi connectivity index (χ0v) is 10.7. The number of non-ortho nitro benzene ring substituents is 1. The number of carbonyl (C=O) groups excluding carboxylic acids is 1. The number of nitro groups is 1. The highest BCUT2D eigenvalue weighted by atomic mass is 16.6. The first-order valence-corrected chi connectivity index (χ1v) is 5.62. The fourth-order valence-corrected chi connectivity index (χ4v) is 1.44. The van der Waals surface area contributed by atoms with Crippen LogP contribution in [0.4, 0.5) is 5.69 Å². The van der Waals surface area contributed by atoms with Crippen LogP contribution >= 0.6 is 0 Å². The molecule has 19 heavy (non-hydrogen) atoms. The van der Waals surface area contributed by atoms with Crippen molar-refractivity contribution in [1.82, 2.24) is 5.32 Å². The number of nitrogens with one attached hydrogen (secondary N) is 1. The number of carbonyl (C=O) groups is 1. The summed E-state index contributed by atoms with van der Waals surface area (Å²) in [5, 5.41) is 31.4. The summed E-state index contributed by atoms with van der Waals surface area (Å²) in [6.07, 6.45) is 0. The van der Waals surface area contributed by atoms with Crippen LogP contribution in [0.5, 0.6) is 0 Å². The van der Waals surface area contributed by atoms with Gasteiger partial charge < -0.3 is 15.5 Å². The zero-order chi connectivity index (χ0) is 14.6. The Morgan fingerprint density at radius 1 is 1.42 bits per heavy atom. The van der Waals surface area contributed by atoms with Gasteiger partial charge in [0.05, 0.1) is 23.7 Å². The summed E-state index contributed by atoms with van der Waals surface area (Å²) in [6.45, 7) is 2.23. The van der Waals surface area contributed by atoms with Gasteiger partial charge in [-0.1, -0.05) is 6.07 Å². The van der Waals surface area contributed by atoms with E-state index in [1.165, 1.54) is 25.1 Å². The van der Waals surface area contributed by atoms with Gasteiger partial charge in [-0.05, 0) is 19.4 Å². The molecule has 7 heteroatoms. The van der Waals surface area contributed by atoms with Crippen molar-refractivity contribution in [1.29, 1.82) is 0 Å². The van der Waals surface area contributed by atoms with Crippen LogP contribution in [0.3, 0.4) is 0 Å². The van der Waals surface area contributed by atoms with Gasteiger partial charge in [0.25, 0.3) is 11.6 Å². The predicted octanol–water partition coefficient (Wildman–Crippen LogP) is 0.376. The molecule has 1 aromatic carbocycles. The number of rotatable bonds is 5. The van der Waals surface area contributed by atoms with Crippen LogP contribution in [0, 0.1) is 17.0 Å². The molecule has 1 rings (SSSR count). The van der Waals surface area contributed by atoms with Gasteiger partial charge in [0, 0.05) is 17.7 Å². The summed E-state index contributed by atoms with van der Waals surface area (Å²) in [5.74, 6) is -0.577. The molecule has 0 aliphatic heterocycles. The van der Waals surface area contributed by atoms with Crippen LogP contribution in [-0.4, -0.2) is 39.8 Å². The maximum absolute atomic E-state index is 12.0. The molecular weight excluding hydrogens is 252 g/mol. The number of nitrogens with zero attached hydrogens (tertiary/aromatic N) is 1. The van der Waals surface area contributed by atoms with Gasteiger partial charge in [0.2, 0.25) is 0 Å². The van der Waals surface area contributed by atoms with Gasteiger partial charge in [-0.2, -0.15) is 0 Å². The molecule has 1 amide bonds. The maximum Gasteiger partial charge on any atom is 0.270 e. The van der Waals surface area contributed by atoms with E-state index in [1.54, 1.807) is 6.92 Å². The Balaban J connectivity index is 3.06. The Kier molecular flexibility index (Phi) is 4.57. The number of aliphatic hydroxyl groups excluding tert-OH is 2. The standard InChI is InChI=1S/C12H16N2O5/c1-8-3-4-9(14(18)19)5-10(8)11(17)13-12(2,6-15)7-16/h3-5,15-16H,6-7H2,1-2H3,(H,13,17). The Labute approximate surface area is 110 Å². The van der Waals surface area contributed by atoms with E-state index < -0.39 is 29.6 Å². The summed E-state index contributed by atoms with van der Waals surface area (Å²) in [7, 11) is 0. The highest BCUT2D eigenvalue weighted by Gasteiger charge is 2.26. The Morgan fingerprint density at radius 3 is 2.47 bits per heavy atom. The van der Waals surface area contributed by atoms with Gasteiger partial charge in [0.15, 0.2) is 0 Å². The minimum Gasteiger partial charge on any atom is -0.394 e. The van der Waals surface area contributed by atoms with Crippen LogP contribution in [0.2, 0.25) is 0 Å². The van der Waals surface area contributed by atoms with Gasteiger partial charge in [-0.15, -0.1) is 0 Å². The number of amides is 1. The molecule has 104 valence electrons. The van der Waals surface area contributed by atoms with Crippen molar-refractivity contribution < 1.29 is 19.9 Å². The van der Waals surface area contributed by atoms with Crippen molar-refractivity contribution in [2.75, 3.05) is 13.2 Å². The lowest BCUT2D eigenvalue weighted by molar-refractivity contribution is -0.384. The van der Waals surface area contributed by atoms with Crippen molar-refractivity contribution in [3.8, 4) is 0 Å². The number of hydrogen-bond acceptors (Lipinski definition) is 5. The molecule has 0 saturated heterocycles. The van der Waals surface area contributed by atoms with Crippen LogP contribution in [0.15, 0.2) is 18.2 Å². The summed E-state index contributed by atoms with van der Waals surface area (Å²) >= 11 is 0. The van der Waals surface area contributed by atoms with Crippen molar-refractivity contribution in [3.63, 3.8) is 0 Å². The SMILES string of the molecule is Cc1ccc([N+](=O)[O-])cc1C(=O)NC(C)(CO)CO. The molecule has 0 aliphatic rings. The first-order valence-electron chi connectivity index (χ1n) is 5.62. The molecule has 0 heterocycles. The Hall–Kier alpha value is -1.99. The molecule has 0 unspecified atom stereocenters. The smallest absolute Gasteiger partial charge is 0.270 e. The lowest BCUT2D eigenvalue weighted by Crippen LogP contribution is -2.51. The molecule has 0 saturated carbocycles. The number of benzene rings is 1. The third-order valence-electron chi connectivity index (χ3n) is 2.79. The van der Waals surface area contributed by atoms with Crippen LogP contribution in [0.1, 0.15) is 22.8 Å². The highest BCUT2D eigenvalue weighted by molar-refractivity contribution is 5.96. The van der Waals surface area contributed by atoms with Gasteiger partial charge in [0.1, 0.15) is 0 Å². The van der Waals surface area contributed by atoms with Crippen LogP contribution in [0.25, 0.3) is 0 Å². The van der Waals surface area contributed by atoms with E-state index in [4.69, 9.17) is 10.2 Å². The summed E-state index contributed by atoms with van der Waals surface area (Å²) in [6, 6.07) is 3.95. The van der Waals surface area contributed by atoms with Crippen molar-refractivity contribution >= 4 is 11.6 Å². The Bertz CT molecular complexity index is 497. The van der Waals surface area contributed by atoms with Gasteiger partial charge >= 0.3 is 0 Å². The number of aryl methyl sites for hydroxylation is 1. The summed E-state index contributed by atoms with van der Waals surface area (Å²) in [5.41, 5.74) is -0.650. The topological polar surface area (TPSA) is 113 Å². The van der Waals surface area contributed by atoms with E-state index in [9.17, 15) is 14.9 Å². The molecule has 0 atom stereocenters. The molecule has 7 nitrogen and oxygen atoms in total. The van der Waals surface area contributed by atoms with E-state index in [1.807, 2.05) is 0 Å². The van der Waals surface area contributed by atoms with Gasteiger partial charge in [-0.3, -0.25) is 14.9 Å². The van der Waals surface area contributed by atoms with E-state index in [-0.39, 0.29) is 11.3 Å². The van der Waals surface area contributed by atoms with Crippen molar-refractivity contribution in [3.05, 3.63) is 39.4 Å². The lowest BCUT2D eigenvalue weighted by atomic mass is 10.0. The van der Waals surface area contributed by atoms with Crippen LogP contribution < -0.4 is 5.32 Å². The third-order valence-corrected chi connectivity index (χ3v) is 2.79. The molecule has 0 fully saturated rings. The normalized spacial score (nSPS) is 11.2. The fourth-order valence-electron chi connectivity index (χ4n) is 1.44. The lowest BCUT2D eigenvalue weighted by Gasteiger charge is -2.26. The largest absolute Gasteiger partial charge is 0.394 e. The second-order valence-electron chi connectivity index (χ2n) is 4.59. The first kappa shape index (κ1) is 15.1. The van der Waals surface area contributed by atoms with E-state index >= 15 is 0 Å². The fraction of sp³-hybridized carbons (Fsp3) is 0.417. The molecule has 0 aromatic heterocycles. The molecule has 0 aliphatic carbocycles. The first-order chi connectivity index (χ1) is 8.83. The predicted molar refractivity (Wildman–Crippen MR) is 67.9 cm³/mol. The number of hydrogen-bond donors (Lipinski definition) is 3. The van der Waals surface area contributed by atoms with Crippen molar-refractivity contribution in [2.45, 2.75) is 19.4 Å². The molecule has 3 N–H and O–H groups in total. The third kappa shape index (κ3) is 3.49. The average Bonchev–Trinajstić information content (AvgIpc) is 2.38. The molecule has 1 aromatic rings. The van der Waals surface area contributed by atoms with E-state index in [0.717, 1.165) is 0 Å². The second kappa shape index (κ2) is 5.77. The highest BCUT2D eigenvalue weighted by Crippen LogP contribution is 2.18. The van der Waals surface area contributed by atoms with Crippen molar-refractivity contribution in [2.24, 2.45) is 0 Å². The molecule has 0 radical (unpaired) electrons. The zero-order valence-electron chi connectivity index (χ0n) is 10.7. The molecule has 0 bridgehead atoms. The monoisotopic (exact) mass is 268 g/mol. The second-order valence-corrected chi connectivity index (χ2v) is 4.59. The maximum atomic E-state index is 12.0. The van der Waals surface area contributed by atoms with Gasteiger partial charge in [-0.25, -0.2) is 0 Å². The summed E-state index contributed by atoms with van der Waals surface area (Å²) < 4.78 is 0. The minimum absolute atomic E-state index is 0.141. The molecule has 0 spiro atoms. The van der Waals surface area contributed by atoms with E-state index in [2.05, 4.69) is 5.32 Å². The van der Waals surface area contributed by atoms with Crippen LogP contribution in [-0.2, 0) is 0 Å². The quantitative estimate of drug-likeness (QED) is 0.527. The summed E-state index contributed by atoms with van der Waals surface area (Å²) in [4.78, 5) is 22.1.